The van der Waals surface area contributed by atoms with E-state index in [-0.39, 0.29) is 17.9 Å². The van der Waals surface area contributed by atoms with E-state index in [9.17, 15) is 18.0 Å². The van der Waals surface area contributed by atoms with Crippen molar-refractivity contribution >= 4 is 33.4 Å². The van der Waals surface area contributed by atoms with Crippen LogP contribution in [0.4, 0.5) is 4.79 Å². The molecule has 1 heterocycles. The molecule has 0 bridgehead atoms. The number of hydrogen-bond acceptors (Lipinski definition) is 4. The Bertz CT molecular complexity index is 673. The van der Waals surface area contributed by atoms with Crippen LogP contribution in [0, 0.1) is 0 Å². The van der Waals surface area contributed by atoms with E-state index in [1.807, 2.05) is 0 Å². The summed E-state index contributed by atoms with van der Waals surface area (Å²) in [7, 11) is -2.45. The van der Waals surface area contributed by atoms with Crippen molar-refractivity contribution in [2.24, 2.45) is 0 Å². The number of benzene rings is 1. The molecule has 1 unspecified atom stereocenters. The van der Waals surface area contributed by atoms with Gasteiger partial charge >= 0.3 is 6.03 Å². The molecule has 120 valence electrons. The van der Waals surface area contributed by atoms with Gasteiger partial charge in [-0.15, -0.1) is 0 Å². The maximum atomic E-state index is 12.7. The molecule has 1 aromatic rings. The van der Waals surface area contributed by atoms with E-state index < -0.39 is 27.0 Å². The molecule has 1 aliphatic heterocycles. The topological polar surface area (TPSA) is 83.6 Å². The van der Waals surface area contributed by atoms with Gasteiger partial charge in [-0.05, 0) is 43.5 Å². The van der Waals surface area contributed by atoms with Crippen molar-refractivity contribution in [3.63, 3.8) is 0 Å². The minimum Gasteiger partial charge on any atom is -0.341 e. The Morgan fingerprint density at radius 1 is 1.27 bits per heavy atom. The largest absolute Gasteiger partial charge is 0.341 e. The van der Waals surface area contributed by atoms with Crippen LogP contribution in [0.15, 0.2) is 29.2 Å². The van der Waals surface area contributed by atoms with Crippen LogP contribution in [-0.2, 0) is 14.6 Å². The molecule has 0 aromatic heterocycles. The van der Waals surface area contributed by atoms with Crippen molar-refractivity contribution in [3.8, 4) is 0 Å². The van der Waals surface area contributed by atoms with Crippen molar-refractivity contribution in [1.29, 1.82) is 0 Å². The molecule has 1 atom stereocenters. The summed E-state index contributed by atoms with van der Waals surface area (Å²) >= 11 is 5.76. The van der Waals surface area contributed by atoms with Gasteiger partial charge in [-0.2, -0.15) is 0 Å². The van der Waals surface area contributed by atoms with Crippen molar-refractivity contribution in [1.82, 2.24) is 10.2 Å². The SMILES string of the molecule is CNC(=O)N1CCCCC(S(=O)(=O)c2ccc(Cl)cc2)C1=O. The number of halogens is 1. The molecule has 1 saturated heterocycles. The first-order valence-corrected chi connectivity index (χ1v) is 8.83. The molecule has 1 aliphatic rings. The van der Waals surface area contributed by atoms with Crippen LogP contribution in [0.25, 0.3) is 0 Å². The summed E-state index contributed by atoms with van der Waals surface area (Å²) in [6.45, 7) is 0.227. The zero-order chi connectivity index (χ0) is 16.3. The van der Waals surface area contributed by atoms with Crippen LogP contribution in [0.2, 0.25) is 5.02 Å². The Labute approximate surface area is 134 Å². The van der Waals surface area contributed by atoms with Crippen LogP contribution in [0.5, 0.6) is 0 Å². The zero-order valence-corrected chi connectivity index (χ0v) is 13.7. The lowest BCUT2D eigenvalue weighted by atomic mass is 10.2. The van der Waals surface area contributed by atoms with Gasteiger partial charge in [-0.1, -0.05) is 11.6 Å². The van der Waals surface area contributed by atoms with Gasteiger partial charge < -0.3 is 5.32 Å². The molecule has 22 heavy (non-hydrogen) atoms. The Hall–Kier alpha value is -1.60. The first kappa shape index (κ1) is 16.8. The summed E-state index contributed by atoms with van der Waals surface area (Å²) in [5, 5.41) is 1.54. The summed E-state index contributed by atoms with van der Waals surface area (Å²) in [4.78, 5) is 25.3. The molecular weight excluding hydrogens is 328 g/mol. The number of hydrogen-bond donors (Lipinski definition) is 1. The molecule has 0 spiro atoms. The van der Waals surface area contributed by atoms with Crippen LogP contribution in [-0.4, -0.2) is 44.1 Å². The van der Waals surface area contributed by atoms with E-state index in [1.165, 1.54) is 31.3 Å². The lowest BCUT2D eigenvalue weighted by Crippen LogP contribution is -2.48. The van der Waals surface area contributed by atoms with E-state index in [2.05, 4.69) is 5.32 Å². The van der Waals surface area contributed by atoms with Crippen LogP contribution in [0.3, 0.4) is 0 Å². The molecule has 3 amide bonds. The minimum absolute atomic E-state index is 0.0361. The second-order valence-electron chi connectivity index (χ2n) is 5.03. The second-order valence-corrected chi connectivity index (χ2v) is 7.60. The first-order chi connectivity index (χ1) is 10.4. The fourth-order valence-corrected chi connectivity index (χ4v) is 4.26. The number of sulfone groups is 1. The Morgan fingerprint density at radius 3 is 2.50 bits per heavy atom. The number of imide groups is 1. The molecule has 1 fully saturated rings. The van der Waals surface area contributed by atoms with E-state index in [1.54, 1.807) is 0 Å². The summed E-state index contributed by atoms with van der Waals surface area (Å²) in [6, 6.07) is 5.10. The molecule has 6 nitrogen and oxygen atoms in total. The van der Waals surface area contributed by atoms with Crippen molar-refractivity contribution in [3.05, 3.63) is 29.3 Å². The standard InChI is InChI=1S/C14H17ClN2O4S/c1-16-14(19)17-9-3-2-4-12(13(17)18)22(20,21)11-7-5-10(15)6-8-11/h5-8,12H,2-4,9H2,1H3,(H,16,19). The molecule has 0 saturated carbocycles. The van der Waals surface area contributed by atoms with E-state index in [0.29, 0.717) is 17.9 Å². The Kier molecular flexibility index (Phi) is 5.08. The highest BCUT2D eigenvalue weighted by Gasteiger charge is 2.39. The highest BCUT2D eigenvalue weighted by molar-refractivity contribution is 7.92. The molecule has 1 aromatic carbocycles. The number of rotatable bonds is 2. The molecule has 2 rings (SSSR count). The third-order valence-electron chi connectivity index (χ3n) is 3.62. The lowest BCUT2D eigenvalue weighted by Gasteiger charge is -2.22. The average Bonchev–Trinajstić information content (AvgIpc) is 2.69. The van der Waals surface area contributed by atoms with Gasteiger partial charge in [0.1, 0.15) is 5.25 Å². The van der Waals surface area contributed by atoms with Gasteiger partial charge in [0, 0.05) is 18.6 Å². The van der Waals surface area contributed by atoms with Crippen LogP contribution < -0.4 is 5.32 Å². The van der Waals surface area contributed by atoms with Gasteiger partial charge in [-0.3, -0.25) is 9.69 Å². The normalized spacial score (nSPS) is 19.6. The number of urea groups is 1. The summed E-state index contributed by atoms with van der Waals surface area (Å²) in [6.07, 6.45) is 1.36. The molecule has 0 aliphatic carbocycles. The Morgan fingerprint density at radius 2 is 1.91 bits per heavy atom. The maximum Gasteiger partial charge on any atom is 0.323 e. The molecular formula is C14H17ClN2O4S. The van der Waals surface area contributed by atoms with Crippen molar-refractivity contribution in [2.75, 3.05) is 13.6 Å². The van der Waals surface area contributed by atoms with Crippen molar-refractivity contribution < 1.29 is 18.0 Å². The van der Waals surface area contributed by atoms with Crippen LogP contribution in [0.1, 0.15) is 19.3 Å². The van der Waals surface area contributed by atoms with E-state index in [4.69, 9.17) is 11.6 Å². The predicted molar refractivity (Wildman–Crippen MR) is 82.4 cm³/mol. The molecule has 1 N–H and O–H groups in total. The maximum absolute atomic E-state index is 12.7. The van der Waals surface area contributed by atoms with Gasteiger partial charge in [0.2, 0.25) is 5.91 Å². The number of nitrogens with one attached hydrogen (secondary N) is 1. The van der Waals surface area contributed by atoms with Gasteiger partial charge in [-0.25, -0.2) is 13.2 Å². The van der Waals surface area contributed by atoms with E-state index >= 15 is 0 Å². The predicted octanol–water partition coefficient (Wildman–Crippen LogP) is 1.83. The summed E-state index contributed by atoms with van der Waals surface area (Å²) in [5.41, 5.74) is 0. The fourth-order valence-electron chi connectivity index (χ4n) is 2.42. The second kappa shape index (κ2) is 6.66. The lowest BCUT2D eigenvalue weighted by molar-refractivity contribution is -0.127. The summed E-state index contributed by atoms with van der Waals surface area (Å²) in [5.74, 6) is -0.674. The zero-order valence-electron chi connectivity index (χ0n) is 12.1. The summed E-state index contributed by atoms with van der Waals surface area (Å²) < 4.78 is 25.4. The quantitative estimate of drug-likeness (QED) is 0.887. The van der Waals surface area contributed by atoms with Gasteiger partial charge in [0.05, 0.1) is 4.90 Å². The van der Waals surface area contributed by atoms with Crippen molar-refractivity contribution in [2.45, 2.75) is 29.4 Å². The number of amides is 3. The van der Waals surface area contributed by atoms with Gasteiger partial charge in [0.25, 0.3) is 0 Å². The molecule has 0 radical (unpaired) electrons. The average molecular weight is 345 g/mol. The fraction of sp³-hybridized carbons (Fsp3) is 0.429. The minimum atomic E-state index is -3.86. The number of carbonyl (C=O) groups excluding carboxylic acids is 2. The highest BCUT2D eigenvalue weighted by atomic mass is 35.5. The number of nitrogens with zero attached hydrogens (tertiary/aromatic N) is 1. The monoisotopic (exact) mass is 344 g/mol. The first-order valence-electron chi connectivity index (χ1n) is 6.90. The third kappa shape index (κ3) is 3.25. The van der Waals surface area contributed by atoms with Crippen LogP contribution >= 0.6 is 11.6 Å². The number of likely N-dealkylation sites (tertiary alicyclic amines) is 1. The Balaban J connectivity index is 2.37. The third-order valence-corrected chi connectivity index (χ3v) is 5.98. The smallest absolute Gasteiger partial charge is 0.323 e. The van der Waals surface area contributed by atoms with Gasteiger partial charge in [0.15, 0.2) is 9.84 Å². The molecule has 8 heteroatoms. The highest BCUT2D eigenvalue weighted by Crippen LogP contribution is 2.25. The number of carbonyl (C=O) groups is 2. The van der Waals surface area contributed by atoms with E-state index in [0.717, 1.165) is 4.90 Å².